The van der Waals surface area contributed by atoms with Gasteiger partial charge in [-0.25, -0.2) is 9.59 Å². The Kier molecular flexibility index (Phi) is 7.90. The van der Waals surface area contributed by atoms with Crippen LogP contribution in [0.5, 0.6) is 5.75 Å². The Hall–Kier alpha value is -2.70. The average Bonchev–Trinajstić information content (AvgIpc) is 2.50. The molecule has 0 saturated heterocycles. The fraction of sp³-hybridized carbons (Fsp3) is 0.524. The van der Waals surface area contributed by atoms with Crippen LogP contribution in [0.25, 0.3) is 0 Å². The zero-order valence-electron chi connectivity index (χ0n) is 17.5. The summed E-state index contributed by atoms with van der Waals surface area (Å²) in [5.74, 6) is -0.111. The first-order valence-corrected chi connectivity index (χ1v) is 9.06. The molecule has 2 N–H and O–H groups in total. The van der Waals surface area contributed by atoms with Crippen LogP contribution < -0.4 is 10.1 Å². The summed E-state index contributed by atoms with van der Waals surface area (Å²) in [6.45, 7) is 13.9. The van der Waals surface area contributed by atoms with Crippen molar-refractivity contribution in [1.82, 2.24) is 5.32 Å². The number of hydrogen-bond acceptors (Lipinski definition) is 6. The molecule has 156 valence electrons. The summed E-state index contributed by atoms with van der Waals surface area (Å²) >= 11 is 0. The number of benzene rings is 1. The second kappa shape index (κ2) is 9.48. The summed E-state index contributed by atoms with van der Waals surface area (Å²) in [5, 5.41) is 12.4. The fourth-order valence-electron chi connectivity index (χ4n) is 2.17. The maximum absolute atomic E-state index is 11.9. The molecule has 0 aliphatic carbocycles. The summed E-state index contributed by atoms with van der Waals surface area (Å²) in [6.07, 6.45) is -0.314. The third-order valence-corrected chi connectivity index (χ3v) is 3.23. The van der Waals surface area contributed by atoms with Gasteiger partial charge in [-0.2, -0.15) is 0 Å². The predicted molar refractivity (Wildman–Crippen MR) is 106 cm³/mol. The number of aliphatic hydroxyl groups is 1. The van der Waals surface area contributed by atoms with E-state index < -0.39 is 29.3 Å². The maximum Gasteiger partial charge on any atom is 0.408 e. The molecule has 0 fully saturated rings. The van der Waals surface area contributed by atoms with Gasteiger partial charge >= 0.3 is 12.1 Å². The van der Waals surface area contributed by atoms with Crippen molar-refractivity contribution in [2.45, 2.75) is 65.2 Å². The molecule has 0 heterocycles. The molecule has 1 aromatic rings. The number of amides is 1. The Morgan fingerprint density at radius 2 is 1.57 bits per heavy atom. The normalized spacial score (nSPS) is 12.6. The SMILES string of the molecule is C=C(O)[C@H](Cc1ccc(OCC(=O)OC(C)(C)C)cc1)NC(=O)OC(C)(C)C. The van der Waals surface area contributed by atoms with E-state index in [1.807, 2.05) is 0 Å². The van der Waals surface area contributed by atoms with Crippen molar-refractivity contribution < 1.29 is 28.9 Å². The van der Waals surface area contributed by atoms with Gasteiger partial charge in [0.2, 0.25) is 0 Å². The van der Waals surface area contributed by atoms with Gasteiger partial charge in [0.1, 0.15) is 22.7 Å². The first-order chi connectivity index (χ1) is 12.7. The van der Waals surface area contributed by atoms with E-state index in [0.29, 0.717) is 12.2 Å². The Labute approximate surface area is 166 Å². The molecule has 0 unspecified atom stereocenters. The van der Waals surface area contributed by atoms with E-state index >= 15 is 0 Å². The zero-order valence-corrected chi connectivity index (χ0v) is 17.5. The van der Waals surface area contributed by atoms with E-state index in [9.17, 15) is 14.7 Å². The quantitative estimate of drug-likeness (QED) is 0.539. The number of carbonyl (C=O) groups is 2. The van der Waals surface area contributed by atoms with Gasteiger partial charge in [0.05, 0.1) is 6.04 Å². The molecule has 0 radical (unpaired) electrons. The monoisotopic (exact) mass is 393 g/mol. The highest BCUT2D eigenvalue weighted by atomic mass is 16.6. The van der Waals surface area contributed by atoms with Gasteiger partial charge in [-0.15, -0.1) is 0 Å². The van der Waals surface area contributed by atoms with Gasteiger partial charge in [-0.1, -0.05) is 18.7 Å². The van der Waals surface area contributed by atoms with Crippen LogP contribution in [0.1, 0.15) is 47.1 Å². The lowest BCUT2D eigenvalue weighted by Gasteiger charge is -2.23. The number of carbonyl (C=O) groups excluding carboxylic acids is 2. The Balaban J connectivity index is 2.62. The molecule has 0 spiro atoms. The molecular weight excluding hydrogens is 362 g/mol. The standard InChI is InChI=1S/C21H31NO6/c1-14(23)17(22-19(25)28-21(5,6)7)12-15-8-10-16(11-9-15)26-13-18(24)27-20(2,3)4/h8-11,17,23H,1,12-13H2,2-7H3,(H,22,25)/t17-/m0/s1. The Bertz CT molecular complexity index is 682. The minimum atomic E-state index is -0.691. The van der Waals surface area contributed by atoms with Crippen LogP contribution in [0.2, 0.25) is 0 Å². The second-order valence-corrected chi connectivity index (χ2v) is 8.41. The van der Waals surface area contributed by atoms with Crippen molar-refractivity contribution in [1.29, 1.82) is 0 Å². The van der Waals surface area contributed by atoms with E-state index in [4.69, 9.17) is 14.2 Å². The Morgan fingerprint density at radius 1 is 1.04 bits per heavy atom. The lowest BCUT2D eigenvalue weighted by molar-refractivity contribution is -0.157. The molecule has 1 amide bonds. The van der Waals surface area contributed by atoms with Crippen LogP contribution in [0.3, 0.4) is 0 Å². The van der Waals surface area contributed by atoms with Gasteiger partial charge in [0.15, 0.2) is 6.61 Å². The number of ether oxygens (including phenoxy) is 3. The van der Waals surface area contributed by atoms with Gasteiger partial charge in [0.25, 0.3) is 0 Å². The molecule has 0 aliphatic rings. The summed E-state index contributed by atoms with van der Waals surface area (Å²) in [4.78, 5) is 23.6. The first-order valence-electron chi connectivity index (χ1n) is 9.06. The van der Waals surface area contributed by atoms with Gasteiger partial charge in [-0.05, 0) is 65.7 Å². The fourth-order valence-corrected chi connectivity index (χ4v) is 2.17. The highest BCUT2D eigenvalue weighted by Crippen LogP contribution is 2.16. The van der Waals surface area contributed by atoms with Crippen molar-refractivity contribution in [3.05, 3.63) is 42.2 Å². The van der Waals surface area contributed by atoms with Crippen LogP contribution in [-0.2, 0) is 20.7 Å². The van der Waals surface area contributed by atoms with E-state index in [2.05, 4.69) is 11.9 Å². The average molecular weight is 393 g/mol. The number of rotatable bonds is 7. The molecule has 7 nitrogen and oxygen atoms in total. The van der Waals surface area contributed by atoms with Crippen LogP contribution in [0.15, 0.2) is 36.6 Å². The minimum absolute atomic E-state index is 0.170. The molecule has 0 aromatic heterocycles. The summed E-state index contributed by atoms with van der Waals surface area (Å²) in [6, 6.07) is 6.26. The Morgan fingerprint density at radius 3 is 2.04 bits per heavy atom. The molecule has 0 saturated carbocycles. The smallest absolute Gasteiger partial charge is 0.408 e. The molecular formula is C21H31NO6. The zero-order chi connectivity index (χ0) is 21.5. The minimum Gasteiger partial charge on any atom is -0.511 e. The van der Waals surface area contributed by atoms with Crippen LogP contribution in [0.4, 0.5) is 4.79 Å². The van der Waals surface area contributed by atoms with Crippen molar-refractivity contribution >= 4 is 12.1 Å². The molecule has 28 heavy (non-hydrogen) atoms. The van der Waals surface area contributed by atoms with Crippen LogP contribution >= 0.6 is 0 Å². The van der Waals surface area contributed by atoms with Crippen molar-refractivity contribution in [3.63, 3.8) is 0 Å². The second-order valence-electron chi connectivity index (χ2n) is 8.41. The van der Waals surface area contributed by atoms with E-state index in [-0.39, 0.29) is 12.4 Å². The number of alkyl carbamates (subject to hydrolysis) is 1. The molecule has 0 bridgehead atoms. The predicted octanol–water partition coefficient (Wildman–Crippen LogP) is 3.91. The number of nitrogens with one attached hydrogen (secondary N) is 1. The molecule has 0 aliphatic heterocycles. The van der Waals surface area contributed by atoms with Gasteiger partial charge in [0, 0.05) is 0 Å². The first kappa shape index (κ1) is 23.3. The number of hydrogen-bond donors (Lipinski definition) is 2. The highest BCUT2D eigenvalue weighted by molar-refractivity contribution is 5.71. The molecule has 1 aromatic carbocycles. The van der Waals surface area contributed by atoms with E-state index in [0.717, 1.165) is 5.56 Å². The van der Waals surface area contributed by atoms with Crippen molar-refractivity contribution in [2.24, 2.45) is 0 Å². The number of esters is 1. The van der Waals surface area contributed by atoms with Crippen LogP contribution in [0, 0.1) is 0 Å². The maximum atomic E-state index is 11.9. The third-order valence-electron chi connectivity index (χ3n) is 3.23. The van der Waals surface area contributed by atoms with Crippen molar-refractivity contribution in [2.75, 3.05) is 6.61 Å². The van der Waals surface area contributed by atoms with Gasteiger partial charge < -0.3 is 24.6 Å². The summed E-state index contributed by atoms with van der Waals surface area (Å²) in [7, 11) is 0. The number of aliphatic hydroxyl groups excluding tert-OH is 1. The molecule has 1 atom stereocenters. The molecule has 7 heteroatoms. The topological polar surface area (TPSA) is 94.1 Å². The lowest BCUT2D eigenvalue weighted by atomic mass is 10.0. The largest absolute Gasteiger partial charge is 0.511 e. The molecule has 1 rings (SSSR count). The van der Waals surface area contributed by atoms with E-state index in [1.165, 1.54) is 0 Å². The van der Waals surface area contributed by atoms with Crippen LogP contribution in [-0.4, -0.2) is 41.0 Å². The highest BCUT2D eigenvalue weighted by Gasteiger charge is 2.21. The third kappa shape index (κ3) is 9.85. The van der Waals surface area contributed by atoms with E-state index in [1.54, 1.807) is 65.8 Å². The summed E-state index contributed by atoms with van der Waals surface area (Å²) in [5.41, 5.74) is -0.369. The van der Waals surface area contributed by atoms with Crippen molar-refractivity contribution in [3.8, 4) is 5.75 Å². The van der Waals surface area contributed by atoms with Gasteiger partial charge in [-0.3, -0.25) is 0 Å². The lowest BCUT2D eigenvalue weighted by Crippen LogP contribution is -2.41. The summed E-state index contributed by atoms with van der Waals surface area (Å²) < 4.78 is 15.8.